The third kappa shape index (κ3) is 9.62. The average Bonchev–Trinajstić information content (AvgIpc) is 1.61. The summed E-state index contributed by atoms with van der Waals surface area (Å²) in [6.45, 7) is 0. The second kappa shape index (κ2) is 23.2. The molecule has 0 atom stereocenters. The molecule has 0 amide bonds. The minimum Gasteiger partial charge on any atom is -0.310 e. The van der Waals surface area contributed by atoms with Crippen molar-refractivity contribution in [2.45, 2.75) is 0 Å². The normalized spacial score (nSPS) is 11.3. The molecule has 0 spiro atoms. The van der Waals surface area contributed by atoms with Crippen molar-refractivity contribution >= 4 is 112 Å². The molecule has 8 heteroatoms. The summed E-state index contributed by atoms with van der Waals surface area (Å²) in [4.78, 5) is 20.2. The van der Waals surface area contributed by atoms with Crippen LogP contribution in [-0.4, -0.2) is 19.1 Å². The van der Waals surface area contributed by atoms with Gasteiger partial charge >= 0.3 is 0 Å². The fourth-order valence-electron chi connectivity index (χ4n) is 13.0. The van der Waals surface area contributed by atoms with Crippen LogP contribution in [0.2, 0.25) is 0 Å². The Hall–Kier alpha value is -12.3. The molecule has 0 unspecified atom stereocenters. The molecule has 0 saturated carbocycles. The van der Waals surface area contributed by atoms with Gasteiger partial charge in [0.1, 0.15) is 11.6 Å². The number of para-hydroxylation sites is 8. The molecule has 426 valence electrons. The molecule has 16 rings (SSSR count). The van der Waals surface area contributed by atoms with E-state index in [2.05, 4.69) is 356 Å². The molecule has 8 nitrogen and oxygen atoms in total. The van der Waals surface area contributed by atoms with Gasteiger partial charge in [-0.3, -0.25) is 9.13 Å². The summed E-state index contributed by atoms with van der Waals surface area (Å²) in [6, 6.07) is 121. The first-order chi connectivity index (χ1) is 44.7. The maximum Gasteiger partial charge on any atom is 0.145 e. The van der Waals surface area contributed by atoms with Gasteiger partial charge in [0.25, 0.3) is 0 Å². The lowest BCUT2D eigenvalue weighted by Gasteiger charge is -2.26. The minimum atomic E-state index is 0.784. The summed E-state index contributed by atoms with van der Waals surface area (Å²) in [6.07, 6.45) is 3.82. The Bertz CT molecular complexity index is 4410. The maximum atomic E-state index is 5.42. The van der Waals surface area contributed by atoms with Gasteiger partial charge in [-0.25, -0.2) is 9.97 Å². The monoisotopic (exact) mass is 1150 g/mol. The number of hydrogen-bond acceptors (Lipinski definition) is 6. The third-order valence-corrected chi connectivity index (χ3v) is 16.9. The van der Waals surface area contributed by atoms with Gasteiger partial charge in [0, 0.05) is 113 Å². The van der Waals surface area contributed by atoms with E-state index in [0.717, 1.165) is 135 Å². The second-order valence-corrected chi connectivity index (χ2v) is 22.3. The Balaban J connectivity index is 0.924. The van der Waals surface area contributed by atoms with Crippen LogP contribution in [0.25, 0.3) is 66.4 Å². The fraction of sp³-hybridized carbons (Fsp3) is 0. The first-order valence-electron chi connectivity index (χ1n) is 30.4. The largest absolute Gasteiger partial charge is 0.310 e. The zero-order valence-electron chi connectivity index (χ0n) is 49.1. The van der Waals surface area contributed by atoms with Crippen molar-refractivity contribution in [1.29, 1.82) is 0 Å². The maximum absolute atomic E-state index is 5.42. The Labute approximate surface area is 522 Å². The van der Waals surface area contributed by atoms with E-state index in [4.69, 9.17) is 9.97 Å². The van der Waals surface area contributed by atoms with Gasteiger partial charge in [0.05, 0.1) is 22.1 Å². The Morgan fingerprint density at radius 3 is 0.589 bits per heavy atom. The summed E-state index contributed by atoms with van der Waals surface area (Å²) >= 11 is 0. The number of aromatic nitrogens is 4. The molecule has 4 aromatic heterocycles. The highest BCUT2D eigenvalue weighted by Gasteiger charge is 2.26. The Kier molecular flexibility index (Phi) is 13.7. The van der Waals surface area contributed by atoms with Crippen LogP contribution in [-0.2, 0) is 0 Å². The number of benzene rings is 12. The minimum absolute atomic E-state index is 0.784. The number of pyridine rings is 2. The van der Waals surface area contributed by atoms with Crippen LogP contribution in [0.3, 0.4) is 0 Å². The van der Waals surface area contributed by atoms with Gasteiger partial charge in [-0.2, -0.15) is 0 Å². The molecule has 0 fully saturated rings. The van der Waals surface area contributed by atoms with Crippen molar-refractivity contribution in [3.8, 4) is 22.8 Å². The summed E-state index contributed by atoms with van der Waals surface area (Å²) < 4.78 is 4.70. The molecule has 0 saturated heterocycles. The summed E-state index contributed by atoms with van der Waals surface area (Å²) in [5, 5.41) is 4.33. The van der Waals surface area contributed by atoms with Gasteiger partial charge < -0.3 is 19.6 Å². The molecule has 0 radical (unpaired) electrons. The van der Waals surface area contributed by atoms with Crippen molar-refractivity contribution in [2.75, 3.05) is 19.6 Å². The van der Waals surface area contributed by atoms with Crippen LogP contribution in [0.1, 0.15) is 0 Å². The van der Waals surface area contributed by atoms with Crippen LogP contribution >= 0.6 is 0 Å². The molecule has 0 bridgehead atoms. The molecule has 0 aliphatic heterocycles. The SMILES string of the molecule is c1ccc(N(c2ccccc2)c2ccc3c(c2)c2cc(N(c4ccccc4)c4ccccc4)ccc2n3-c2ncccc2-c2cccnc2-n2c3ccc(N(c4ccccc4)c4ccccc4)cc3c3cc(N(c4ccccc4)c4ccccc4)ccc32)cc1. The van der Waals surface area contributed by atoms with E-state index in [9.17, 15) is 0 Å². The zero-order valence-corrected chi connectivity index (χ0v) is 49.1. The van der Waals surface area contributed by atoms with E-state index in [1.54, 1.807) is 0 Å². The predicted octanol–water partition coefficient (Wildman–Crippen LogP) is 22.2. The molecule has 0 aliphatic rings. The molecule has 0 N–H and O–H groups in total. The van der Waals surface area contributed by atoms with Gasteiger partial charge in [0.2, 0.25) is 0 Å². The number of anilines is 12. The summed E-state index contributed by atoms with van der Waals surface area (Å²) in [5.41, 5.74) is 18.6. The van der Waals surface area contributed by atoms with Gasteiger partial charge in [-0.15, -0.1) is 0 Å². The predicted molar refractivity (Wildman–Crippen MR) is 375 cm³/mol. The number of fused-ring (bicyclic) bond motifs is 6. The summed E-state index contributed by atoms with van der Waals surface area (Å²) in [5.74, 6) is 1.57. The highest BCUT2D eigenvalue weighted by molar-refractivity contribution is 6.14. The van der Waals surface area contributed by atoms with Crippen LogP contribution < -0.4 is 19.6 Å². The standard InChI is InChI=1S/C82H58N8/c1-9-27-59(28-10-1)85(60-29-11-2-12-30-60)67-45-49-77-73(55-67)74-56-68(86(61-31-13-3-14-32-61)62-33-15-4-16-34-62)46-50-78(74)89(77)81-71(43-25-53-83-81)72-44-26-54-84-82(72)90-79-51-47-69(87(63-35-17-5-18-36-63)64-37-19-6-20-38-64)57-75(79)76-58-70(48-52-80(76)90)88(65-39-21-7-22-40-65)66-41-23-8-24-42-66/h1-58H. The topological polar surface area (TPSA) is 48.6 Å². The van der Waals surface area contributed by atoms with Gasteiger partial charge in [-0.1, -0.05) is 146 Å². The van der Waals surface area contributed by atoms with Crippen molar-refractivity contribution in [3.63, 3.8) is 0 Å². The molecule has 90 heavy (non-hydrogen) atoms. The van der Waals surface area contributed by atoms with Gasteiger partial charge in [0.15, 0.2) is 0 Å². The molecular formula is C82H58N8. The summed E-state index contributed by atoms with van der Waals surface area (Å²) in [7, 11) is 0. The quantitative estimate of drug-likeness (QED) is 0.102. The van der Waals surface area contributed by atoms with Crippen molar-refractivity contribution in [2.24, 2.45) is 0 Å². The van der Waals surface area contributed by atoms with Crippen molar-refractivity contribution < 1.29 is 0 Å². The molecular weight excluding hydrogens is 1100 g/mol. The lowest BCUT2D eigenvalue weighted by Crippen LogP contribution is -2.09. The smallest absolute Gasteiger partial charge is 0.145 e. The lowest BCUT2D eigenvalue weighted by molar-refractivity contribution is 1.06. The molecule has 0 aliphatic carbocycles. The third-order valence-electron chi connectivity index (χ3n) is 16.9. The molecule has 4 heterocycles. The van der Waals surface area contributed by atoms with E-state index in [1.165, 1.54) is 0 Å². The lowest BCUT2D eigenvalue weighted by atomic mass is 10.1. The zero-order chi connectivity index (χ0) is 59.7. The molecule has 12 aromatic carbocycles. The highest BCUT2D eigenvalue weighted by Crippen LogP contribution is 2.47. The molecule has 16 aromatic rings. The number of nitrogens with zero attached hydrogens (tertiary/aromatic N) is 8. The second-order valence-electron chi connectivity index (χ2n) is 22.3. The van der Waals surface area contributed by atoms with E-state index in [-0.39, 0.29) is 0 Å². The van der Waals surface area contributed by atoms with E-state index < -0.39 is 0 Å². The van der Waals surface area contributed by atoms with Crippen LogP contribution in [0.5, 0.6) is 0 Å². The fourth-order valence-corrected chi connectivity index (χ4v) is 13.0. The van der Waals surface area contributed by atoms with Crippen molar-refractivity contribution in [1.82, 2.24) is 19.1 Å². The average molecular weight is 1160 g/mol. The van der Waals surface area contributed by atoms with E-state index in [1.807, 2.05) is 24.5 Å². The van der Waals surface area contributed by atoms with Crippen LogP contribution in [0, 0.1) is 0 Å². The van der Waals surface area contributed by atoms with Crippen LogP contribution in [0.15, 0.2) is 352 Å². The van der Waals surface area contributed by atoms with Crippen LogP contribution in [0.4, 0.5) is 68.2 Å². The highest BCUT2D eigenvalue weighted by atomic mass is 15.2. The van der Waals surface area contributed by atoms with Gasteiger partial charge in [-0.05, 0) is 194 Å². The van der Waals surface area contributed by atoms with E-state index >= 15 is 0 Å². The number of rotatable bonds is 15. The Morgan fingerprint density at radius 1 is 0.189 bits per heavy atom. The first kappa shape index (κ1) is 53.2. The first-order valence-corrected chi connectivity index (χ1v) is 30.4. The van der Waals surface area contributed by atoms with Crippen molar-refractivity contribution in [3.05, 3.63) is 352 Å². The number of hydrogen-bond donors (Lipinski definition) is 0. The van der Waals surface area contributed by atoms with E-state index in [0.29, 0.717) is 0 Å². The Morgan fingerprint density at radius 2 is 0.389 bits per heavy atom.